The molecular formula is C16H12Cl2N4O2. The maximum absolute atomic E-state index is 12.1. The summed E-state index contributed by atoms with van der Waals surface area (Å²) in [6.07, 6.45) is 1.54. The SMILES string of the molecule is CC(=NNC(=O)c1cc(-c2ccc(Cl)c(Cl)c2)n[nH]1)c1ccco1. The first-order valence-electron chi connectivity index (χ1n) is 6.94. The highest BCUT2D eigenvalue weighted by Gasteiger charge is 2.12. The lowest BCUT2D eigenvalue weighted by Crippen LogP contribution is -2.19. The fourth-order valence-corrected chi connectivity index (χ4v) is 2.27. The summed E-state index contributed by atoms with van der Waals surface area (Å²) in [5.74, 6) is 0.163. The molecule has 24 heavy (non-hydrogen) atoms. The number of H-pyrrole nitrogens is 1. The van der Waals surface area contributed by atoms with E-state index in [9.17, 15) is 4.79 Å². The second-order valence-electron chi connectivity index (χ2n) is 4.91. The monoisotopic (exact) mass is 362 g/mol. The van der Waals surface area contributed by atoms with Crippen LogP contribution in [0.2, 0.25) is 10.0 Å². The Morgan fingerprint density at radius 2 is 2.08 bits per heavy atom. The third-order valence-electron chi connectivity index (χ3n) is 3.24. The van der Waals surface area contributed by atoms with Crippen LogP contribution in [0.1, 0.15) is 23.2 Å². The van der Waals surface area contributed by atoms with Gasteiger partial charge in [-0.3, -0.25) is 9.89 Å². The predicted octanol–water partition coefficient (Wildman–Crippen LogP) is 4.13. The number of nitrogens with one attached hydrogen (secondary N) is 2. The molecule has 0 saturated carbocycles. The minimum atomic E-state index is -0.417. The molecule has 3 rings (SSSR count). The van der Waals surface area contributed by atoms with Crippen LogP contribution in [0.5, 0.6) is 0 Å². The van der Waals surface area contributed by atoms with Crippen LogP contribution in [0.3, 0.4) is 0 Å². The molecule has 0 bridgehead atoms. The molecule has 0 fully saturated rings. The Morgan fingerprint density at radius 1 is 1.25 bits per heavy atom. The number of hydrogen-bond donors (Lipinski definition) is 2. The van der Waals surface area contributed by atoms with Crippen molar-refractivity contribution in [1.82, 2.24) is 15.6 Å². The highest BCUT2D eigenvalue weighted by molar-refractivity contribution is 6.42. The Morgan fingerprint density at radius 3 is 2.79 bits per heavy atom. The van der Waals surface area contributed by atoms with E-state index in [2.05, 4.69) is 20.7 Å². The zero-order chi connectivity index (χ0) is 17.1. The average Bonchev–Trinajstić information content (AvgIpc) is 3.26. The first kappa shape index (κ1) is 16.3. The normalized spacial score (nSPS) is 11.5. The van der Waals surface area contributed by atoms with E-state index in [1.807, 2.05) is 0 Å². The van der Waals surface area contributed by atoms with Crippen LogP contribution in [0.25, 0.3) is 11.3 Å². The molecule has 0 radical (unpaired) electrons. The number of halogens is 2. The van der Waals surface area contributed by atoms with Gasteiger partial charge in [-0.1, -0.05) is 29.3 Å². The van der Waals surface area contributed by atoms with Gasteiger partial charge in [-0.05, 0) is 37.3 Å². The van der Waals surface area contributed by atoms with Crippen molar-refractivity contribution in [3.8, 4) is 11.3 Å². The minimum Gasteiger partial charge on any atom is -0.463 e. The number of carbonyl (C=O) groups excluding carboxylic acids is 1. The maximum Gasteiger partial charge on any atom is 0.289 e. The Hall–Kier alpha value is -2.57. The molecule has 0 spiro atoms. The molecule has 1 amide bonds. The molecule has 1 aromatic carbocycles. The van der Waals surface area contributed by atoms with E-state index in [0.717, 1.165) is 5.56 Å². The van der Waals surface area contributed by atoms with Gasteiger partial charge in [0.1, 0.15) is 17.2 Å². The largest absolute Gasteiger partial charge is 0.463 e. The number of rotatable bonds is 4. The van der Waals surface area contributed by atoms with E-state index in [1.165, 1.54) is 6.26 Å². The van der Waals surface area contributed by atoms with Gasteiger partial charge in [0.2, 0.25) is 0 Å². The molecule has 2 heterocycles. The number of amides is 1. The highest BCUT2D eigenvalue weighted by Crippen LogP contribution is 2.27. The molecule has 2 aromatic heterocycles. The van der Waals surface area contributed by atoms with Crippen LogP contribution in [-0.4, -0.2) is 21.8 Å². The zero-order valence-corrected chi connectivity index (χ0v) is 14.0. The molecule has 2 N–H and O–H groups in total. The Labute approximate surface area is 147 Å². The molecule has 6 nitrogen and oxygen atoms in total. The van der Waals surface area contributed by atoms with Crippen molar-refractivity contribution in [3.05, 3.63) is 64.2 Å². The lowest BCUT2D eigenvalue weighted by molar-refractivity contribution is 0.0950. The summed E-state index contributed by atoms with van der Waals surface area (Å²) >= 11 is 11.9. The summed E-state index contributed by atoms with van der Waals surface area (Å²) in [5.41, 5.74) is 4.59. The number of furan rings is 1. The van der Waals surface area contributed by atoms with Gasteiger partial charge in [-0.15, -0.1) is 0 Å². The van der Waals surface area contributed by atoms with Crippen LogP contribution < -0.4 is 5.43 Å². The van der Waals surface area contributed by atoms with E-state index in [4.69, 9.17) is 27.6 Å². The summed E-state index contributed by atoms with van der Waals surface area (Å²) in [5, 5.41) is 11.6. The van der Waals surface area contributed by atoms with Gasteiger partial charge in [0.15, 0.2) is 0 Å². The number of aromatic nitrogens is 2. The summed E-state index contributed by atoms with van der Waals surface area (Å²) in [6.45, 7) is 1.73. The van der Waals surface area contributed by atoms with E-state index >= 15 is 0 Å². The number of benzene rings is 1. The quantitative estimate of drug-likeness (QED) is 0.540. The third-order valence-corrected chi connectivity index (χ3v) is 3.98. The van der Waals surface area contributed by atoms with Crippen molar-refractivity contribution in [2.75, 3.05) is 0 Å². The fourth-order valence-electron chi connectivity index (χ4n) is 1.98. The summed E-state index contributed by atoms with van der Waals surface area (Å²) in [6, 6.07) is 10.2. The van der Waals surface area contributed by atoms with Gasteiger partial charge in [0, 0.05) is 5.56 Å². The van der Waals surface area contributed by atoms with Gasteiger partial charge in [0.25, 0.3) is 5.91 Å². The molecule has 0 aliphatic carbocycles. The van der Waals surface area contributed by atoms with Crippen LogP contribution >= 0.6 is 23.2 Å². The molecule has 122 valence electrons. The molecule has 0 aliphatic heterocycles. The minimum absolute atomic E-state index is 0.270. The van der Waals surface area contributed by atoms with Gasteiger partial charge in [-0.2, -0.15) is 10.2 Å². The number of hydrazone groups is 1. The Balaban J connectivity index is 1.74. The van der Waals surface area contributed by atoms with Crippen molar-refractivity contribution < 1.29 is 9.21 Å². The smallest absolute Gasteiger partial charge is 0.289 e. The van der Waals surface area contributed by atoms with Gasteiger partial charge in [0.05, 0.1) is 22.0 Å². The van der Waals surface area contributed by atoms with Crippen molar-refractivity contribution >= 4 is 34.8 Å². The van der Waals surface area contributed by atoms with E-state index < -0.39 is 5.91 Å². The molecular weight excluding hydrogens is 351 g/mol. The lowest BCUT2D eigenvalue weighted by Gasteiger charge is -1.99. The topological polar surface area (TPSA) is 83.3 Å². The van der Waals surface area contributed by atoms with Crippen LogP contribution in [0, 0.1) is 0 Å². The fraction of sp³-hybridized carbons (Fsp3) is 0.0625. The first-order valence-corrected chi connectivity index (χ1v) is 7.69. The van der Waals surface area contributed by atoms with Crippen LogP contribution in [-0.2, 0) is 0 Å². The second kappa shape index (κ2) is 6.90. The summed E-state index contributed by atoms with van der Waals surface area (Å²) in [4.78, 5) is 12.1. The number of nitrogens with zero attached hydrogens (tertiary/aromatic N) is 2. The molecule has 0 saturated heterocycles. The van der Waals surface area contributed by atoms with E-state index in [1.54, 1.807) is 43.3 Å². The summed E-state index contributed by atoms with van der Waals surface area (Å²) in [7, 11) is 0. The van der Waals surface area contributed by atoms with Crippen LogP contribution in [0.4, 0.5) is 0 Å². The Kier molecular flexibility index (Phi) is 4.69. The molecule has 0 aliphatic rings. The Bertz CT molecular complexity index is 901. The number of aromatic amines is 1. The lowest BCUT2D eigenvalue weighted by atomic mass is 10.1. The standard InChI is InChI=1S/C16H12Cl2N4O2/c1-9(15-3-2-6-24-15)19-22-16(23)14-8-13(20-21-14)10-4-5-11(17)12(18)7-10/h2-8H,1H3,(H,20,21)(H,22,23). The van der Waals surface area contributed by atoms with Crippen molar-refractivity contribution in [2.24, 2.45) is 5.10 Å². The third kappa shape index (κ3) is 3.50. The first-order chi connectivity index (χ1) is 11.5. The highest BCUT2D eigenvalue weighted by atomic mass is 35.5. The van der Waals surface area contributed by atoms with Gasteiger partial charge >= 0.3 is 0 Å². The number of hydrogen-bond acceptors (Lipinski definition) is 4. The van der Waals surface area contributed by atoms with Crippen molar-refractivity contribution in [2.45, 2.75) is 6.92 Å². The van der Waals surface area contributed by atoms with Crippen molar-refractivity contribution in [1.29, 1.82) is 0 Å². The van der Waals surface area contributed by atoms with Gasteiger partial charge in [-0.25, -0.2) is 5.43 Å². The number of carbonyl (C=O) groups is 1. The van der Waals surface area contributed by atoms with Crippen LogP contribution in [0.15, 0.2) is 52.2 Å². The van der Waals surface area contributed by atoms with E-state index in [-0.39, 0.29) is 5.69 Å². The second-order valence-corrected chi connectivity index (χ2v) is 5.73. The summed E-state index contributed by atoms with van der Waals surface area (Å²) < 4.78 is 5.19. The van der Waals surface area contributed by atoms with E-state index in [0.29, 0.717) is 27.2 Å². The molecule has 3 aromatic rings. The zero-order valence-electron chi connectivity index (χ0n) is 12.5. The molecule has 8 heteroatoms. The average molecular weight is 363 g/mol. The molecule has 0 atom stereocenters. The predicted molar refractivity (Wildman–Crippen MR) is 92.4 cm³/mol. The molecule has 0 unspecified atom stereocenters. The van der Waals surface area contributed by atoms with Crippen molar-refractivity contribution in [3.63, 3.8) is 0 Å². The van der Waals surface area contributed by atoms with Gasteiger partial charge < -0.3 is 4.42 Å². The maximum atomic E-state index is 12.1.